The van der Waals surface area contributed by atoms with E-state index in [1.165, 1.54) is 16.5 Å². The summed E-state index contributed by atoms with van der Waals surface area (Å²) in [5.41, 5.74) is 4.77. The van der Waals surface area contributed by atoms with E-state index in [2.05, 4.69) is 65.4 Å². The number of aromatic amines is 1. The summed E-state index contributed by atoms with van der Waals surface area (Å²) in [5.74, 6) is 0.0903. The van der Waals surface area contributed by atoms with E-state index >= 15 is 0 Å². The summed E-state index contributed by atoms with van der Waals surface area (Å²) in [6, 6.07) is 16.7. The number of hydrogen-bond donors (Lipinski definition) is 2. The molecule has 0 radical (unpaired) electrons. The summed E-state index contributed by atoms with van der Waals surface area (Å²) in [4.78, 5) is 17.9. The Balaban J connectivity index is 1.46. The number of carbonyl (C=O) groups is 1. The van der Waals surface area contributed by atoms with Crippen LogP contribution in [-0.4, -0.2) is 28.9 Å². The zero-order valence-corrected chi connectivity index (χ0v) is 16.3. The largest absolute Gasteiger partial charge is 0.361 e. The molecule has 3 aromatic rings. The highest BCUT2D eigenvalue weighted by molar-refractivity contribution is 5.84. The standard InChI is InChI=1S/C23H29N3O/c1-3-26(4-2)17-19-11-9-18(10-12-19)15-25-23(27)14-13-20-16-24-22-8-6-5-7-21(20)22/h5-12,16,24H,3-4,13-15,17H2,1-2H3,(H,25,27). The Kier molecular flexibility index (Phi) is 6.66. The first-order valence-electron chi connectivity index (χ1n) is 9.81. The molecule has 0 aliphatic carbocycles. The van der Waals surface area contributed by atoms with Crippen molar-refractivity contribution in [3.05, 3.63) is 71.4 Å². The van der Waals surface area contributed by atoms with E-state index < -0.39 is 0 Å². The van der Waals surface area contributed by atoms with Crippen molar-refractivity contribution in [2.75, 3.05) is 13.1 Å². The normalized spacial score (nSPS) is 11.2. The molecule has 4 nitrogen and oxygen atoms in total. The average Bonchev–Trinajstić information content (AvgIpc) is 3.13. The average molecular weight is 364 g/mol. The van der Waals surface area contributed by atoms with Gasteiger partial charge in [0, 0.05) is 36.6 Å². The number of aryl methyl sites for hydroxylation is 1. The summed E-state index contributed by atoms with van der Waals surface area (Å²) < 4.78 is 0. The lowest BCUT2D eigenvalue weighted by Crippen LogP contribution is -2.23. The number of fused-ring (bicyclic) bond motifs is 1. The summed E-state index contributed by atoms with van der Waals surface area (Å²) >= 11 is 0. The second kappa shape index (κ2) is 9.38. The first-order valence-corrected chi connectivity index (χ1v) is 9.81. The molecule has 0 aliphatic heterocycles. The molecule has 0 unspecified atom stereocenters. The Morgan fingerprint density at radius 3 is 2.44 bits per heavy atom. The molecule has 2 aromatic carbocycles. The minimum atomic E-state index is 0.0903. The van der Waals surface area contributed by atoms with Crippen LogP contribution in [0, 0.1) is 0 Å². The monoisotopic (exact) mass is 363 g/mol. The van der Waals surface area contributed by atoms with Crippen molar-refractivity contribution in [1.82, 2.24) is 15.2 Å². The molecular weight excluding hydrogens is 334 g/mol. The van der Waals surface area contributed by atoms with E-state index in [0.29, 0.717) is 13.0 Å². The molecule has 1 heterocycles. The third kappa shape index (κ3) is 5.20. The van der Waals surface area contributed by atoms with Crippen LogP contribution in [0.5, 0.6) is 0 Å². The van der Waals surface area contributed by atoms with E-state index in [1.54, 1.807) is 0 Å². The lowest BCUT2D eigenvalue weighted by atomic mass is 10.1. The Hall–Kier alpha value is -2.59. The van der Waals surface area contributed by atoms with Crippen LogP contribution < -0.4 is 5.32 Å². The number of para-hydroxylation sites is 1. The van der Waals surface area contributed by atoms with Crippen molar-refractivity contribution in [2.45, 2.75) is 39.8 Å². The van der Waals surface area contributed by atoms with Gasteiger partial charge in [-0.15, -0.1) is 0 Å². The quantitative estimate of drug-likeness (QED) is 0.597. The molecule has 0 aliphatic rings. The molecular formula is C23H29N3O. The SMILES string of the molecule is CCN(CC)Cc1ccc(CNC(=O)CCc2c[nH]c3ccccc23)cc1. The maximum absolute atomic E-state index is 12.2. The Morgan fingerprint density at radius 1 is 1.00 bits per heavy atom. The second-order valence-corrected chi connectivity index (χ2v) is 6.91. The third-order valence-electron chi connectivity index (χ3n) is 5.11. The summed E-state index contributed by atoms with van der Waals surface area (Å²) in [6.45, 7) is 8.05. The highest BCUT2D eigenvalue weighted by atomic mass is 16.1. The van der Waals surface area contributed by atoms with Gasteiger partial charge in [0.05, 0.1) is 0 Å². The number of H-pyrrole nitrogens is 1. The van der Waals surface area contributed by atoms with Crippen LogP contribution >= 0.6 is 0 Å². The second-order valence-electron chi connectivity index (χ2n) is 6.91. The lowest BCUT2D eigenvalue weighted by Gasteiger charge is -2.18. The number of rotatable bonds is 9. The fourth-order valence-corrected chi connectivity index (χ4v) is 3.34. The van der Waals surface area contributed by atoms with Crippen molar-refractivity contribution in [1.29, 1.82) is 0 Å². The number of nitrogens with zero attached hydrogens (tertiary/aromatic N) is 1. The first-order chi connectivity index (χ1) is 13.2. The van der Waals surface area contributed by atoms with Gasteiger partial charge >= 0.3 is 0 Å². The van der Waals surface area contributed by atoms with Gasteiger partial charge in [-0.05, 0) is 42.3 Å². The van der Waals surface area contributed by atoms with Crippen molar-refractivity contribution in [3.63, 3.8) is 0 Å². The van der Waals surface area contributed by atoms with Crippen molar-refractivity contribution < 1.29 is 4.79 Å². The van der Waals surface area contributed by atoms with E-state index in [9.17, 15) is 4.79 Å². The van der Waals surface area contributed by atoms with Gasteiger partial charge < -0.3 is 10.3 Å². The van der Waals surface area contributed by atoms with Crippen molar-refractivity contribution >= 4 is 16.8 Å². The van der Waals surface area contributed by atoms with Crippen LogP contribution in [0.3, 0.4) is 0 Å². The Bertz CT molecular complexity index is 863. The van der Waals surface area contributed by atoms with Crippen LogP contribution in [0.2, 0.25) is 0 Å². The fraction of sp³-hybridized carbons (Fsp3) is 0.348. The number of amides is 1. The number of aromatic nitrogens is 1. The van der Waals surface area contributed by atoms with Crippen LogP contribution in [0.25, 0.3) is 10.9 Å². The molecule has 0 saturated carbocycles. The van der Waals surface area contributed by atoms with Crippen LogP contribution in [0.1, 0.15) is 37.0 Å². The molecule has 2 N–H and O–H groups in total. The highest BCUT2D eigenvalue weighted by Gasteiger charge is 2.07. The Morgan fingerprint density at radius 2 is 1.70 bits per heavy atom. The number of nitrogens with one attached hydrogen (secondary N) is 2. The number of carbonyl (C=O) groups excluding carboxylic acids is 1. The molecule has 4 heteroatoms. The van der Waals surface area contributed by atoms with Gasteiger partial charge in [-0.3, -0.25) is 9.69 Å². The minimum absolute atomic E-state index is 0.0903. The molecule has 0 atom stereocenters. The van der Waals surface area contributed by atoms with Gasteiger partial charge in [0.1, 0.15) is 0 Å². The van der Waals surface area contributed by atoms with Gasteiger partial charge in [-0.1, -0.05) is 56.3 Å². The number of benzene rings is 2. The van der Waals surface area contributed by atoms with E-state index in [4.69, 9.17) is 0 Å². The van der Waals surface area contributed by atoms with Gasteiger partial charge in [0.25, 0.3) is 0 Å². The maximum Gasteiger partial charge on any atom is 0.220 e. The van der Waals surface area contributed by atoms with Crippen molar-refractivity contribution in [2.24, 2.45) is 0 Å². The van der Waals surface area contributed by atoms with E-state index in [0.717, 1.165) is 37.1 Å². The van der Waals surface area contributed by atoms with Crippen molar-refractivity contribution in [3.8, 4) is 0 Å². The van der Waals surface area contributed by atoms with Gasteiger partial charge in [0.15, 0.2) is 0 Å². The van der Waals surface area contributed by atoms with Gasteiger partial charge in [-0.25, -0.2) is 0 Å². The topological polar surface area (TPSA) is 48.1 Å². The number of hydrogen-bond acceptors (Lipinski definition) is 2. The first kappa shape index (κ1) is 19.2. The summed E-state index contributed by atoms with van der Waals surface area (Å²) in [7, 11) is 0. The Labute approximate surface area is 161 Å². The van der Waals surface area contributed by atoms with Gasteiger partial charge in [0.2, 0.25) is 5.91 Å². The molecule has 0 spiro atoms. The minimum Gasteiger partial charge on any atom is -0.361 e. The molecule has 1 aromatic heterocycles. The molecule has 0 saturated heterocycles. The summed E-state index contributed by atoms with van der Waals surface area (Å²) in [6.07, 6.45) is 3.26. The molecule has 1 amide bonds. The van der Waals surface area contributed by atoms with Crippen LogP contribution in [-0.2, 0) is 24.3 Å². The molecule has 0 bridgehead atoms. The molecule has 0 fully saturated rings. The van der Waals surface area contributed by atoms with E-state index in [-0.39, 0.29) is 5.91 Å². The maximum atomic E-state index is 12.2. The van der Waals surface area contributed by atoms with Gasteiger partial charge in [-0.2, -0.15) is 0 Å². The predicted octanol–water partition coefficient (Wildman–Crippen LogP) is 4.26. The molecule has 3 rings (SSSR count). The smallest absolute Gasteiger partial charge is 0.220 e. The molecule has 142 valence electrons. The highest BCUT2D eigenvalue weighted by Crippen LogP contribution is 2.18. The summed E-state index contributed by atoms with van der Waals surface area (Å²) in [5, 5.41) is 4.24. The van der Waals surface area contributed by atoms with Crippen LogP contribution in [0.15, 0.2) is 54.7 Å². The molecule has 27 heavy (non-hydrogen) atoms. The van der Waals surface area contributed by atoms with Crippen LogP contribution in [0.4, 0.5) is 0 Å². The lowest BCUT2D eigenvalue weighted by molar-refractivity contribution is -0.121. The van der Waals surface area contributed by atoms with E-state index in [1.807, 2.05) is 18.3 Å². The fourth-order valence-electron chi connectivity index (χ4n) is 3.34. The zero-order chi connectivity index (χ0) is 19.1. The third-order valence-corrected chi connectivity index (χ3v) is 5.11. The predicted molar refractivity (Wildman–Crippen MR) is 112 cm³/mol. The zero-order valence-electron chi connectivity index (χ0n) is 16.3.